The van der Waals surface area contributed by atoms with E-state index in [1.165, 1.54) is 23.7 Å². The van der Waals surface area contributed by atoms with Gasteiger partial charge in [0.05, 0.1) is 13.7 Å². The third-order valence-corrected chi connectivity index (χ3v) is 3.81. The van der Waals surface area contributed by atoms with E-state index in [9.17, 15) is 9.59 Å². The van der Waals surface area contributed by atoms with Gasteiger partial charge in [0.25, 0.3) is 5.91 Å². The molecule has 0 saturated carbocycles. The lowest BCUT2D eigenvalue weighted by Crippen LogP contribution is -2.35. The molecule has 0 aliphatic rings. The van der Waals surface area contributed by atoms with E-state index in [0.717, 1.165) is 5.56 Å². The van der Waals surface area contributed by atoms with Crippen molar-refractivity contribution >= 4 is 29.1 Å². The second kappa shape index (κ2) is 7.35. The summed E-state index contributed by atoms with van der Waals surface area (Å²) in [4.78, 5) is 25.8. The second-order valence-electron chi connectivity index (χ2n) is 5.40. The first-order valence-electron chi connectivity index (χ1n) is 7.21. The summed E-state index contributed by atoms with van der Waals surface area (Å²) in [5.41, 5.74) is 1.80. The highest BCUT2D eigenvalue weighted by atomic mass is 35.5. The predicted octanol–water partition coefficient (Wildman–Crippen LogP) is 2.10. The van der Waals surface area contributed by atoms with Gasteiger partial charge in [-0.15, -0.1) is 5.10 Å². The minimum atomic E-state index is -0.350. The Labute approximate surface area is 145 Å². The van der Waals surface area contributed by atoms with Crippen LogP contribution in [0, 0.1) is 6.92 Å². The average molecular weight is 351 g/mol. The summed E-state index contributed by atoms with van der Waals surface area (Å²) in [6.45, 7) is 1.77. The Morgan fingerprint density at radius 3 is 2.75 bits per heavy atom. The summed E-state index contributed by atoms with van der Waals surface area (Å²) in [5, 5.41) is 7.31. The highest BCUT2D eigenvalue weighted by molar-refractivity contribution is 6.31. The van der Waals surface area contributed by atoms with Crippen LogP contribution < -0.4 is 10.1 Å². The molecule has 0 radical (unpaired) electrons. The van der Waals surface area contributed by atoms with Crippen molar-refractivity contribution in [1.29, 1.82) is 0 Å². The Balaban J connectivity index is 2.02. The molecule has 0 fully saturated rings. The van der Waals surface area contributed by atoms with Crippen molar-refractivity contribution in [2.75, 3.05) is 26.0 Å². The molecule has 0 saturated heterocycles. The number of anilines is 1. The zero-order valence-electron chi connectivity index (χ0n) is 14.0. The first kappa shape index (κ1) is 17.8. The van der Waals surface area contributed by atoms with Crippen LogP contribution in [0.5, 0.6) is 5.88 Å². The predicted molar refractivity (Wildman–Crippen MR) is 91.5 cm³/mol. The summed E-state index contributed by atoms with van der Waals surface area (Å²) < 4.78 is 6.55. The van der Waals surface area contributed by atoms with E-state index in [-0.39, 0.29) is 24.2 Å². The lowest BCUT2D eigenvalue weighted by Gasteiger charge is -2.16. The van der Waals surface area contributed by atoms with E-state index in [0.29, 0.717) is 16.3 Å². The smallest absolute Gasteiger partial charge is 0.261 e. The highest BCUT2D eigenvalue weighted by Crippen LogP contribution is 2.20. The Kier molecular flexibility index (Phi) is 5.46. The SMILES string of the molecule is COc1nn(C)cc1C(=O)N(C)CC(=O)Nc1ccc(C)c(Cl)c1. The van der Waals surface area contributed by atoms with Crippen LogP contribution in [-0.2, 0) is 11.8 Å². The number of hydrogen-bond acceptors (Lipinski definition) is 4. The van der Waals surface area contributed by atoms with Gasteiger partial charge in [0.1, 0.15) is 5.56 Å². The van der Waals surface area contributed by atoms with Gasteiger partial charge in [-0.05, 0) is 24.6 Å². The Morgan fingerprint density at radius 2 is 2.12 bits per heavy atom. The van der Waals surface area contributed by atoms with E-state index in [4.69, 9.17) is 16.3 Å². The fourth-order valence-electron chi connectivity index (χ4n) is 2.13. The zero-order chi connectivity index (χ0) is 17.9. The lowest BCUT2D eigenvalue weighted by atomic mass is 10.2. The number of carbonyl (C=O) groups is 2. The van der Waals surface area contributed by atoms with Crippen LogP contribution in [0.4, 0.5) is 5.69 Å². The molecule has 7 nitrogen and oxygen atoms in total. The van der Waals surface area contributed by atoms with Crippen LogP contribution in [0.1, 0.15) is 15.9 Å². The van der Waals surface area contributed by atoms with Crippen LogP contribution in [0.15, 0.2) is 24.4 Å². The zero-order valence-corrected chi connectivity index (χ0v) is 14.7. The number of halogens is 1. The van der Waals surface area contributed by atoms with Crippen molar-refractivity contribution in [3.8, 4) is 5.88 Å². The van der Waals surface area contributed by atoms with Gasteiger partial charge < -0.3 is 15.0 Å². The maximum Gasteiger partial charge on any atom is 0.261 e. The van der Waals surface area contributed by atoms with Crippen molar-refractivity contribution in [3.05, 3.63) is 40.5 Å². The number of rotatable bonds is 5. The van der Waals surface area contributed by atoms with E-state index in [2.05, 4.69) is 10.4 Å². The average Bonchev–Trinajstić information content (AvgIpc) is 2.91. The Bertz CT molecular complexity index is 773. The second-order valence-corrected chi connectivity index (χ2v) is 5.81. The number of nitrogens with zero attached hydrogens (tertiary/aromatic N) is 3. The normalized spacial score (nSPS) is 10.4. The van der Waals surface area contributed by atoms with Crippen molar-refractivity contribution in [3.63, 3.8) is 0 Å². The standard InChI is InChI=1S/C16H19ClN4O3/c1-10-5-6-11(7-13(10)17)18-14(22)9-20(2)16(23)12-8-21(3)19-15(12)24-4/h5-8H,9H2,1-4H3,(H,18,22). The third kappa shape index (κ3) is 4.05. The van der Waals surface area contributed by atoms with Gasteiger partial charge in [-0.25, -0.2) is 0 Å². The van der Waals surface area contributed by atoms with Crippen molar-refractivity contribution in [2.45, 2.75) is 6.92 Å². The lowest BCUT2D eigenvalue weighted by molar-refractivity contribution is -0.116. The van der Waals surface area contributed by atoms with Crippen LogP contribution in [0.2, 0.25) is 5.02 Å². The molecule has 0 atom stereocenters. The summed E-state index contributed by atoms with van der Waals surface area (Å²) >= 11 is 6.03. The molecule has 0 spiro atoms. The van der Waals surface area contributed by atoms with Gasteiger partial charge >= 0.3 is 0 Å². The summed E-state index contributed by atoms with van der Waals surface area (Å²) in [6.07, 6.45) is 1.55. The largest absolute Gasteiger partial charge is 0.479 e. The molecule has 2 rings (SSSR count). The number of aromatic nitrogens is 2. The van der Waals surface area contributed by atoms with E-state index in [1.807, 2.05) is 13.0 Å². The molecular formula is C16H19ClN4O3. The number of likely N-dealkylation sites (N-methyl/N-ethyl adjacent to an activating group) is 1. The maximum absolute atomic E-state index is 12.4. The molecule has 8 heteroatoms. The molecule has 0 unspecified atom stereocenters. The first-order valence-corrected chi connectivity index (χ1v) is 7.58. The topological polar surface area (TPSA) is 76.5 Å². The minimum Gasteiger partial charge on any atom is -0.479 e. The first-order chi connectivity index (χ1) is 11.3. The number of amides is 2. The molecule has 2 amide bonds. The van der Waals surface area contributed by atoms with Crippen LogP contribution in [0.3, 0.4) is 0 Å². The number of aryl methyl sites for hydroxylation is 2. The number of methoxy groups -OCH3 is 1. The maximum atomic E-state index is 12.4. The quantitative estimate of drug-likeness (QED) is 0.896. The van der Waals surface area contributed by atoms with E-state index >= 15 is 0 Å². The summed E-state index contributed by atoms with van der Waals surface area (Å²) in [6, 6.07) is 5.24. The van der Waals surface area contributed by atoms with E-state index < -0.39 is 0 Å². The summed E-state index contributed by atoms with van der Waals surface area (Å²) in [7, 11) is 4.66. The van der Waals surface area contributed by atoms with Crippen LogP contribution in [-0.4, -0.2) is 47.2 Å². The van der Waals surface area contributed by atoms with Crippen molar-refractivity contribution < 1.29 is 14.3 Å². The fourth-order valence-corrected chi connectivity index (χ4v) is 2.31. The van der Waals surface area contributed by atoms with Crippen molar-refractivity contribution in [1.82, 2.24) is 14.7 Å². The minimum absolute atomic E-state index is 0.109. The molecule has 1 N–H and O–H groups in total. The van der Waals surface area contributed by atoms with Gasteiger partial charge in [-0.1, -0.05) is 17.7 Å². The molecule has 0 aliphatic carbocycles. The molecule has 1 heterocycles. The Morgan fingerprint density at radius 1 is 1.42 bits per heavy atom. The van der Waals surface area contributed by atoms with E-state index in [1.54, 1.807) is 25.4 Å². The molecular weight excluding hydrogens is 332 g/mol. The number of carbonyl (C=O) groups excluding carboxylic acids is 2. The molecule has 24 heavy (non-hydrogen) atoms. The number of benzene rings is 1. The van der Waals surface area contributed by atoms with Crippen LogP contribution >= 0.6 is 11.6 Å². The van der Waals surface area contributed by atoms with Crippen molar-refractivity contribution in [2.24, 2.45) is 7.05 Å². The van der Waals surface area contributed by atoms with Gasteiger partial charge in [0.15, 0.2) is 0 Å². The van der Waals surface area contributed by atoms with Gasteiger partial charge in [0.2, 0.25) is 11.8 Å². The number of nitrogens with one attached hydrogen (secondary N) is 1. The fraction of sp³-hybridized carbons (Fsp3) is 0.312. The number of hydrogen-bond donors (Lipinski definition) is 1. The highest BCUT2D eigenvalue weighted by Gasteiger charge is 2.21. The number of ether oxygens (including phenoxy) is 1. The van der Waals surface area contributed by atoms with Gasteiger partial charge in [-0.2, -0.15) is 0 Å². The summed E-state index contributed by atoms with van der Waals surface area (Å²) in [5.74, 6) is -0.453. The molecule has 0 bridgehead atoms. The van der Waals surface area contributed by atoms with Crippen LogP contribution in [0.25, 0.3) is 0 Å². The van der Waals surface area contributed by atoms with Gasteiger partial charge in [0, 0.05) is 31.0 Å². The Hall–Kier alpha value is -2.54. The monoisotopic (exact) mass is 350 g/mol. The molecule has 2 aromatic rings. The van der Waals surface area contributed by atoms with Gasteiger partial charge in [-0.3, -0.25) is 14.3 Å². The molecule has 128 valence electrons. The molecule has 1 aromatic carbocycles. The third-order valence-electron chi connectivity index (χ3n) is 3.40. The molecule has 1 aromatic heterocycles. The molecule has 0 aliphatic heterocycles.